The number of primary amides is 1. The first-order valence-corrected chi connectivity index (χ1v) is 5.48. The molecule has 1 aromatic heterocycles. The molecular formula is C11H17N5O2. The zero-order valence-corrected chi connectivity index (χ0v) is 10.4. The Kier molecular flexibility index (Phi) is 4.47. The first kappa shape index (κ1) is 13.8. The van der Waals surface area contributed by atoms with Gasteiger partial charge in [-0.15, -0.1) is 0 Å². The molecule has 0 aliphatic heterocycles. The molecule has 7 nitrogen and oxygen atoms in total. The Morgan fingerprint density at radius 2 is 2.17 bits per heavy atom. The molecule has 5 N–H and O–H groups in total. The van der Waals surface area contributed by atoms with Gasteiger partial charge in [0.05, 0.1) is 24.0 Å². The lowest BCUT2D eigenvalue weighted by Crippen LogP contribution is -2.32. The van der Waals surface area contributed by atoms with Gasteiger partial charge in [-0.1, -0.05) is 0 Å². The number of amides is 2. The number of nitrogens with zero attached hydrogens (tertiary/aromatic N) is 2. The summed E-state index contributed by atoms with van der Waals surface area (Å²) in [6.07, 6.45) is 1.33. The van der Waals surface area contributed by atoms with E-state index in [9.17, 15) is 9.59 Å². The van der Waals surface area contributed by atoms with Crippen molar-refractivity contribution in [2.45, 2.75) is 6.92 Å². The minimum Gasteiger partial charge on any atom is -0.397 e. The Bertz CT molecular complexity index is 461. The number of aromatic nitrogens is 1. The first-order valence-electron chi connectivity index (χ1n) is 5.48. The van der Waals surface area contributed by atoms with Gasteiger partial charge in [-0.25, -0.2) is 4.98 Å². The number of nitrogen functional groups attached to an aromatic ring is 1. The van der Waals surface area contributed by atoms with Crippen LogP contribution in [0.4, 0.5) is 11.5 Å². The van der Waals surface area contributed by atoms with E-state index in [2.05, 4.69) is 10.3 Å². The van der Waals surface area contributed by atoms with Gasteiger partial charge in [0.1, 0.15) is 5.82 Å². The maximum absolute atomic E-state index is 11.6. The van der Waals surface area contributed by atoms with Crippen LogP contribution in [0.5, 0.6) is 0 Å². The van der Waals surface area contributed by atoms with Crippen LogP contribution in [-0.2, 0) is 4.79 Å². The van der Waals surface area contributed by atoms with Crippen LogP contribution in [-0.4, -0.2) is 41.8 Å². The summed E-state index contributed by atoms with van der Waals surface area (Å²) in [6.45, 7) is 2.60. The van der Waals surface area contributed by atoms with E-state index in [0.717, 1.165) is 0 Å². The summed E-state index contributed by atoms with van der Waals surface area (Å²) < 4.78 is 0. The Labute approximate surface area is 105 Å². The van der Waals surface area contributed by atoms with E-state index in [1.165, 1.54) is 12.3 Å². The zero-order valence-electron chi connectivity index (χ0n) is 10.4. The molecule has 0 atom stereocenters. The summed E-state index contributed by atoms with van der Waals surface area (Å²) >= 11 is 0. The number of nitrogens with two attached hydrogens (primary N) is 2. The molecule has 0 aromatic carbocycles. The lowest BCUT2D eigenvalue weighted by molar-refractivity contribution is -0.127. The highest BCUT2D eigenvalue weighted by Gasteiger charge is 2.10. The van der Waals surface area contributed by atoms with E-state index in [0.29, 0.717) is 12.4 Å². The van der Waals surface area contributed by atoms with E-state index in [-0.39, 0.29) is 23.7 Å². The number of hydrogen-bond donors (Lipinski definition) is 3. The Balaban J connectivity index is 2.72. The van der Waals surface area contributed by atoms with Crippen molar-refractivity contribution in [1.29, 1.82) is 0 Å². The molecule has 7 heteroatoms. The van der Waals surface area contributed by atoms with Crippen molar-refractivity contribution in [2.24, 2.45) is 5.73 Å². The lowest BCUT2D eigenvalue weighted by atomic mass is 10.2. The molecule has 1 rings (SSSR count). The number of carbonyl (C=O) groups is 2. The molecule has 0 saturated heterocycles. The maximum atomic E-state index is 11.6. The SMILES string of the molecule is CCN(C)C(=O)CNc1cc(C(N)=O)c(N)cn1. The van der Waals surface area contributed by atoms with Crippen LogP contribution in [0.1, 0.15) is 17.3 Å². The second kappa shape index (κ2) is 5.85. The molecule has 0 unspecified atom stereocenters. The molecule has 1 heterocycles. The Morgan fingerprint density at radius 1 is 1.50 bits per heavy atom. The van der Waals surface area contributed by atoms with Crippen LogP contribution in [0.15, 0.2) is 12.3 Å². The molecular weight excluding hydrogens is 234 g/mol. The van der Waals surface area contributed by atoms with Crippen LogP contribution < -0.4 is 16.8 Å². The molecule has 0 spiro atoms. The molecule has 0 bridgehead atoms. The molecule has 0 aliphatic rings. The third kappa shape index (κ3) is 3.34. The van der Waals surface area contributed by atoms with Crippen LogP contribution in [0.3, 0.4) is 0 Å². The number of hydrogen-bond acceptors (Lipinski definition) is 5. The minimum atomic E-state index is -0.630. The van der Waals surface area contributed by atoms with Gasteiger partial charge in [-0.2, -0.15) is 0 Å². The molecule has 0 fully saturated rings. The summed E-state index contributed by atoms with van der Waals surface area (Å²) in [6, 6.07) is 1.43. The predicted molar refractivity (Wildman–Crippen MR) is 69.0 cm³/mol. The second-order valence-electron chi connectivity index (χ2n) is 3.78. The lowest BCUT2D eigenvalue weighted by Gasteiger charge is -2.15. The summed E-state index contributed by atoms with van der Waals surface area (Å²) in [7, 11) is 1.70. The van der Waals surface area contributed by atoms with Crippen molar-refractivity contribution in [1.82, 2.24) is 9.88 Å². The van der Waals surface area contributed by atoms with Crippen molar-refractivity contribution in [3.8, 4) is 0 Å². The van der Waals surface area contributed by atoms with Gasteiger partial charge in [0.2, 0.25) is 5.91 Å². The number of nitrogens with one attached hydrogen (secondary N) is 1. The fraction of sp³-hybridized carbons (Fsp3) is 0.364. The smallest absolute Gasteiger partial charge is 0.250 e. The van der Waals surface area contributed by atoms with Gasteiger partial charge < -0.3 is 21.7 Å². The van der Waals surface area contributed by atoms with E-state index >= 15 is 0 Å². The first-order chi connectivity index (χ1) is 8.45. The molecule has 18 heavy (non-hydrogen) atoms. The van der Waals surface area contributed by atoms with Crippen LogP contribution >= 0.6 is 0 Å². The minimum absolute atomic E-state index is 0.0725. The highest BCUT2D eigenvalue weighted by atomic mass is 16.2. The number of rotatable bonds is 5. The fourth-order valence-corrected chi connectivity index (χ4v) is 1.25. The molecule has 1 aromatic rings. The van der Waals surface area contributed by atoms with Gasteiger partial charge in [0.15, 0.2) is 0 Å². The van der Waals surface area contributed by atoms with Gasteiger partial charge in [0.25, 0.3) is 5.91 Å². The number of likely N-dealkylation sites (N-methyl/N-ethyl adjacent to an activating group) is 1. The van der Waals surface area contributed by atoms with Crippen molar-refractivity contribution >= 4 is 23.3 Å². The largest absolute Gasteiger partial charge is 0.397 e. The average Bonchev–Trinajstić information content (AvgIpc) is 2.36. The van der Waals surface area contributed by atoms with Crippen LogP contribution in [0, 0.1) is 0 Å². The van der Waals surface area contributed by atoms with Gasteiger partial charge in [-0.3, -0.25) is 9.59 Å². The molecule has 2 amide bonds. The van der Waals surface area contributed by atoms with Crippen molar-refractivity contribution in [2.75, 3.05) is 31.2 Å². The van der Waals surface area contributed by atoms with Crippen LogP contribution in [0.2, 0.25) is 0 Å². The summed E-state index contributed by atoms with van der Waals surface area (Å²) in [5, 5.41) is 2.82. The average molecular weight is 251 g/mol. The van der Waals surface area contributed by atoms with E-state index in [1.807, 2.05) is 6.92 Å². The summed E-state index contributed by atoms with van der Waals surface area (Å²) in [4.78, 5) is 28.2. The topological polar surface area (TPSA) is 114 Å². The molecule has 0 aliphatic carbocycles. The van der Waals surface area contributed by atoms with Gasteiger partial charge in [-0.05, 0) is 13.0 Å². The fourth-order valence-electron chi connectivity index (χ4n) is 1.25. The quantitative estimate of drug-likeness (QED) is 0.662. The summed E-state index contributed by atoms with van der Waals surface area (Å²) in [5.41, 5.74) is 11.1. The third-order valence-corrected chi connectivity index (χ3v) is 2.52. The highest BCUT2D eigenvalue weighted by Crippen LogP contribution is 2.13. The summed E-state index contributed by atoms with van der Waals surface area (Å²) in [5.74, 6) is -0.317. The Morgan fingerprint density at radius 3 is 2.72 bits per heavy atom. The highest BCUT2D eigenvalue weighted by molar-refractivity contribution is 5.98. The van der Waals surface area contributed by atoms with E-state index in [1.54, 1.807) is 11.9 Å². The standard InChI is InChI=1S/C11H17N5O2/c1-3-16(2)10(17)6-15-9-4-7(11(13)18)8(12)5-14-9/h4-5H,3,6,12H2,1-2H3,(H2,13,18)(H,14,15). The van der Waals surface area contributed by atoms with Crippen molar-refractivity contribution in [3.63, 3.8) is 0 Å². The van der Waals surface area contributed by atoms with Crippen LogP contribution in [0.25, 0.3) is 0 Å². The molecule has 0 saturated carbocycles. The predicted octanol–water partition coefficient (Wildman–Crippen LogP) is -0.347. The normalized spacial score (nSPS) is 9.89. The van der Waals surface area contributed by atoms with Gasteiger partial charge in [0, 0.05) is 13.6 Å². The molecule has 0 radical (unpaired) electrons. The number of carbonyl (C=O) groups excluding carboxylic acids is 2. The Hall–Kier alpha value is -2.31. The second-order valence-corrected chi connectivity index (χ2v) is 3.78. The monoisotopic (exact) mass is 251 g/mol. The van der Waals surface area contributed by atoms with Crippen molar-refractivity contribution < 1.29 is 9.59 Å². The van der Waals surface area contributed by atoms with Crippen molar-refractivity contribution in [3.05, 3.63) is 17.8 Å². The van der Waals surface area contributed by atoms with Gasteiger partial charge >= 0.3 is 0 Å². The van der Waals surface area contributed by atoms with E-state index in [4.69, 9.17) is 11.5 Å². The number of pyridine rings is 1. The molecule has 98 valence electrons. The zero-order chi connectivity index (χ0) is 13.7. The van der Waals surface area contributed by atoms with E-state index < -0.39 is 5.91 Å². The number of anilines is 2. The third-order valence-electron chi connectivity index (χ3n) is 2.52. The maximum Gasteiger partial charge on any atom is 0.250 e.